The highest BCUT2D eigenvalue weighted by Gasteiger charge is 2.57. The van der Waals surface area contributed by atoms with Crippen LogP contribution in [0, 0.1) is 23.7 Å². The fourth-order valence-corrected chi connectivity index (χ4v) is 7.36. The Kier molecular flexibility index (Phi) is 8.97. The Morgan fingerprint density at radius 3 is 2.33 bits per heavy atom. The number of phenolic OH excluding ortho intramolecular Hbond substituents is 1. The lowest BCUT2D eigenvalue weighted by molar-refractivity contribution is -0.122. The fraction of sp³-hybridized carbons (Fsp3) is 0.351. The molecular formula is C37H41BN2O5. The quantitative estimate of drug-likeness (QED) is 0.134. The van der Waals surface area contributed by atoms with Crippen molar-refractivity contribution in [2.24, 2.45) is 23.7 Å². The number of hydrogen-bond donors (Lipinski definition) is 3. The first kappa shape index (κ1) is 30.9. The number of benzene rings is 3. The topological polar surface area (TPSA) is 99.1 Å². The van der Waals surface area contributed by atoms with Gasteiger partial charge in [0.2, 0.25) is 11.8 Å². The number of carbonyl (C=O) groups excluding carboxylic acids is 2. The van der Waals surface area contributed by atoms with Crippen molar-refractivity contribution in [1.82, 2.24) is 0 Å². The number of imide groups is 1. The molecule has 0 radical (unpaired) electrons. The lowest BCUT2D eigenvalue weighted by Crippen LogP contribution is -2.46. The zero-order valence-corrected chi connectivity index (χ0v) is 26.1. The minimum Gasteiger partial charge on any atom is -0.508 e. The molecule has 8 heteroatoms. The number of para-hydroxylation sites is 1. The van der Waals surface area contributed by atoms with E-state index >= 15 is 0 Å². The molecule has 0 unspecified atom stereocenters. The van der Waals surface area contributed by atoms with E-state index in [1.807, 2.05) is 66.7 Å². The molecule has 3 N–H and O–H groups in total. The monoisotopic (exact) mass is 604 g/mol. The molecule has 2 heterocycles. The van der Waals surface area contributed by atoms with Crippen LogP contribution in [0.5, 0.6) is 5.75 Å². The number of rotatable bonds is 9. The van der Waals surface area contributed by atoms with E-state index in [1.54, 1.807) is 12.1 Å². The van der Waals surface area contributed by atoms with Gasteiger partial charge in [0.1, 0.15) is 5.75 Å². The second kappa shape index (κ2) is 13.1. The molecule has 0 bridgehead atoms. The molecule has 2 amide bonds. The van der Waals surface area contributed by atoms with Crippen molar-refractivity contribution in [3.8, 4) is 5.75 Å². The van der Waals surface area contributed by atoms with E-state index in [0.29, 0.717) is 24.8 Å². The summed E-state index contributed by atoms with van der Waals surface area (Å²) < 4.78 is 6.20. The van der Waals surface area contributed by atoms with E-state index in [-0.39, 0.29) is 35.5 Å². The highest BCUT2D eigenvalue weighted by Crippen LogP contribution is 2.52. The van der Waals surface area contributed by atoms with Crippen molar-refractivity contribution in [2.45, 2.75) is 58.9 Å². The van der Waals surface area contributed by atoms with Crippen LogP contribution in [0.25, 0.3) is 6.08 Å². The molecule has 0 saturated carbocycles. The second-order valence-electron chi connectivity index (χ2n) is 12.7. The predicted molar refractivity (Wildman–Crippen MR) is 179 cm³/mol. The number of nitrogens with one attached hydrogen (secondary N) is 1. The lowest BCUT2D eigenvalue weighted by atomic mass is 9.57. The normalized spacial score (nSPS) is 23.4. The fourth-order valence-electron chi connectivity index (χ4n) is 7.36. The summed E-state index contributed by atoms with van der Waals surface area (Å²) in [5.74, 6) is -1.14. The van der Waals surface area contributed by atoms with Crippen LogP contribution in [0.2, 0.25) is 6.32 Å². The summed E-state index contributed by atoms with van der Waals surface area (Å²) >= 11 is 0. The zero-order chi connectivity index (χ0) is 31.7. The lowest BCUT2D eigenvalue weighted by Gasteiger charge is -2.44. The van der Waals surface area contributed by atoms with Crippen LogP contribution in [0.1, 0.15) is 52.0 Å². The van der Waals surface area contributed by atoms with E-state index < -0.39 is 19.0 Å². The highest BCUT2D eigenvalue weighted by atomic mass is 16.5. The van der Waals surface area contributed by atoms with Crippen LogP contribution >= 0.6 is 0 Å². The minimum atomic E-state index is -0.998. The van der Waals surface area contributed by atoms with Gasteiger partial charge in [-0.3, -0.25) is 14.5 Å². The predicted octanol–water partition coefficient (Wildman–Crippen LogP) is 7.37. The molecule has 7 nitrogen and oxygen atoms in total. The highest BCUT2D eigenvalue weighted by molar-refractivity contribution is 6.43. The van der Waals surface area contributed by atoms with Crippen molar-refractivity contribution < 1.29 is 24.4 Å². The van der Waals surface area contributed by atoms with Gasteiger partial charge in [-0.1, -0.05) is 68.3 Å². The molecular weight excluding hydrogens is 563 g/mol. The van der Waals surface area contributed by atoms with E-state index in [1.165, 1.54) is 16.0 Å². The molecule has 2 saturated heterocycles. The maximum atomic E-state index is 14.1. The third-order valence-electron chi connectivity index (χ3n) is 9.57. The van der Waals surface area contributed by atoms with Gasteiger partial charge in [-0.2, -0.15) is 0 Å². The summed E-state index contributed by atoms with van der Waals surface area (Å²) in [7, 11) is -0.998. The van der Waals surface area contributed by atoms with E-state index in [9.17, 15) is 19.7 Å². The summed E-state index contributed by atoms with van der Waals surface area (Å²) in [5.41, 5.74) is 6.96. The summed E-state index contributed by atoms with van der Waals surface area (Å²) in [4.78, 5) is 29.4. The van der Waals surface area contributed by atoms with Gasteiger partial charge in [-0.15, -0.1) is 0 Å². The van der Waals surface area contributed by atoms with E-state index in [4.69, 9.17) is 4.65 Å². The Morgan fingerprint density at radius 2 is 1.67 bits per heavy atom. The molecule has 4 atom stereocenters. The number of nitrogens with zero attached hydrogens (tertiary/aromatic N) is 1. The molecule has 232 valence electrons. The van der Waals surface area contributed by atoms with Crippen LogP contribution in [-0.4, -0.2) is 35.2 Å². The number of amides is 2. The molecule has 3 aromatic carbocycles. The first-order valence-electron chi connectivity index (χ1n) is 16.1. The summed E-state index contributed by atoms with van der Waals surface area (Å²) in [6, 6.07) is 24.4. The van der Waals surface area contributed by atoms with Gasteiger partial charge in [0.15, 0.2) is 0 Å². The number of phenols is 1. The number of aromatic hydroxyl groups is 1. The van der Waals surface area contributed by atoms with Crippen LogP contribution in [0.3, 0.4) is 0 Å². The number of carbonyl (C=O) groups is 2. The smallest absolute Gasteiger partial charge is 0.455 e. The van der Waals surface area contributed by atoms with E-state index in [2.05, 4.69) is 32.2 Å². The van der Waals surface area contributed by atoms with Crippen LogP contribution < -0.4 is 10.2 Å². The van der Waals surface area contributed by atoms with Crippen LogP contribution in [0.4, 0.5) is 17.1 Å². The summed E-state index contributed by atoms with van der Waals surface area (Å²) in [6.07, 6.45) is 4.96. The molecule has 3 aromatic rings. The molecule has 2 aliphatic heterocycles. The average molecular weight is 605 g/mol. The zero-order valence-electron chi connectivity index (χ0n) is 26.1. The van der Waals surface area contributed by atoms with Crippen LogP contribution in [0.15, 0.2) is 95.6 Å². The first-order chi connectivity index (χ1) is 21.7. The molecule has 1 aliphatic carbocycles. The maximum absolute atomic E-state index is 14.1. The Balaban J connectivity index is 1.24. The summed E-state index contributed by atoms with van der Waals surface area (Å²) in [5, 5.41) is 23.9. The third kappa shape index (κ3) is 6.35. The molecule has 2 fully saturated rings. The summed E-state index contributed by atoms with van der Waals surface area (Å²) in [6.45, 7) is 6.40. The second-order valence-corrected chi connectivity index (χ2v) is 12.7. The SMILES string of the molecule is CC/C(=C\c1ccc(O)cc1)CC[C@H]1OB(O)C[C@H]2C1=C(C(C)C)C[C@H]1C(=O)N(c3ccc(Nc4ccccc4)cc3)C(=O)[C@H]12. The molecule has 6 rings (SSSR count). The van der Waals surface area contributed by atoms with Crippen LogP contribution in [-0.2, 0) is 14.2 Å². The van der Waals surface area contributed by atoms with Gasteiger partial charge in [-0.05, 0) is 104 Å². The van der Waals surface area contributed by atoms with Crippen molar-refractivity contribution in [2.75, 3.05) is 10.2 Å². The maximum Gasteiger partial charge on any atom is 0.455 e. The minimum absolute atomic E-state index is 0.159. The van der Waals surface area contributed by atoms with Gasteiger partial charge in [0, 0.05) is 11.4 Å². The van der Waals surface area contributed by atoms with Gasteiger partial charge >= 0.3 is 7.12 Å². The average Bonchev–Trinajstić information content (AvgIpc) is 3.29. The Labute approximate surface area is 265 Å². The molecule has 0 aromatic heterocycles. The number of hydrogen-bond acceptors (Lipinski definition) is 6. The largest absolute Gasteiger partial charge is 0.508 e. The molecule has 3 aliphatic rings. The standard InChI is InChI=1S/C37H41BN2O5/c1-4-24(20-25-10-17-29(41)18-11-25)12-19-33-34-30(23(2)3)21-31-35(32(34)22-38(44)45-33)37(43)40(36(31)42)28-15-13-27(14-16-28)39-26-8-6-5-7-9-26/h5-11,13-18,20,23,31-33,35,39,41,44H,4,12,19,21-22H2,1-3H3/b24-20+/t31-,32+,33-,35-/m1/s1. The van der Waals surface area contributed by atoms with Gasteiger partial charge in [0.05, 0.1) is 23.6 Å². The number of anilines is 3. The van der Waals surface area contributed by atoms with Crippen molar-refractivity contribution in [1.29, 1.82) is 0 Å². The Morgan fingerprint density at radius 1 is 0.978 bits per heavy atom. The van der Waals surface area contributed by atoms with Crippen molar-refractivity contribution in [3.05, 3.63) is 101 Å². The van der Waals surface area contributed by atoms with E-state index in [0.717, 1.165) is 35.4 Å². The van der Waals surface area contributed by atoms with Gasteiger partial charge in [0.25, 0.3) is 0 Å². The van der Waals surface area contributed by atoms with Gasteiger partial charge < -0.3 is 20.1 Å². The Bertz CT molecular complexity index is 1600. The van der Waals surface area contributed by atoms with Gasteiger partial charge in [-0.25, -0.2) is 0 Å². The number of fused-ring (bicyclic) bond motifs is 3. The number of allylic oxidation sites excluding steroid dienone is 2. The third-order valence-corrected chi connectivity index (χ3v) is 9.57. The molecule has 0 spiro atoms. The van der Waals surface area contributed by atoms with Crippen molar-refractivity contribution in [3.63, 3.8) is 0 Å². The Hall–Kier alpha value is -4.14. The first-order valence-corrected chi connectivity index (χ1v) is 16.1. The van der Waals surface area contributed by atoms with Crippen molar-refractivity contribution >= 4 is 42.1 Å². The molecule has 45 heavy (non-hydrogen) atoms.